The van der Waals surface area contributed by atoms with E-state index in [2.05, 4.69) is 5.32 Å². The van der Waals surface area contributed by atoms with Crippen molar-refractivity contribution in [2.45, 2.75) is 64.6 Å². The van der Waals surface area contributed by atoms with Crippen LogP contribution >= 0.6 is 0 Å². The van der Waals surface area contributed by atoms with E-state index in [4.69, 9.17) is 0 Å². The number of hydrogen-bond donors (Lipinski definition) is 1. The highest BCUT2D eigenvalue weighted by molar-refractivity contribution is 7.92. The van der Waals surface area contributed by atoms with Crippen molar-refractivity contribution in [2.24, 2.45) is 0 Å². The van der Waals surface area contributed by atoms with Gasteiger partial charge in [-0.3, -0.25) is 13.9 Å². The highest BCUT2D eigenvalue weighted by Gasteiger charge is 2.33. The van der Waals surface area contributed by atoms with Crippen LogP contribution in [0.1, 0.15) is 43.9 Å². The van der Waals surface area contributed by atoms with Crippen LogP contribution in [0.25, 0.3) is 0 Å². The van der Waals surface area contributed by atoms with Crippen LogP contribution in [0.15, 0.2) is 77.7 Å². The van der Waals surface area contributed by atoms with Gasteiger partial charge in [0.15, 0.2) is 0 Å². The number of carbonyl (C=O) groups is 2. The van der Waals surface area contributed by atoms with Gasteiger partial charge in [0.05, 0.1) is 10.6 Å². The predicted molar refractivity (Wildman–Crippen MR) is 151 cm³/mol. The third-order valence-corrected chi connectivity index (χ3v) is 8.04. The fourth-order valence-corrected chi connectivity index (χ4v) is 5.70. The van der Waals surface area contributed by atoms with Gasteiger partial charge < -0.3 is 10.2 Å². The van der Waals surface area contributed by atoms with E-state index in [1.54, 1.807) is 12.1 Å². The van der Waals surface area contributed by atoms with Gasteiger partial charge in [-0.25, -0.2) is 12.8 Å². The van der Waals surface area contributed by atoms with Gasteiger partial charge in [0.2, 0.25) is 11.8 Å². The van der Waals surface area contributed by atoms with Gasteiger partial charge >= 0.3 is 0 Å². The standard InChI is InChI=1S/C30H36FN3O4S/c1-6-28(30(36)32-21(2)3)33(19-24-9-7-8-23(5)18-24)29(35)20-34(26-14-12-25(31)13-15-26)39(37,38)27-16-10-22(4)11-17-27/h7-18,21,28H,6,19-20H2,1-5H3,(H,32,36)/t28-/m1/s1. The number of amides is 2. The van der Waals surface area contributed by atoms with Gasteiger partial charge in [-0.15, -0.1) is 0 Å². The molecule has 0 fully saturated rings. The fourth-order valence-electron chi connectivity index (χ4n) is 4.28. The van der Waals surface area contributed by atoms with Crippen molar-refractivity contribution < 1.29 is 22.4 Å². The van der Waals surface area contributed by atoms with Crippen LogP contribution in [0, 0.1) is 19.7 Å². The minimum absolute atomic E-state index is 0.0000477. The Morgan fingerprint density at radius 3 is 2.13 bits per heavy atom. The van der Waals surface area contributed by atoms with Crippen molar-refractivity contribution in [3.05, 3.63) is 95.3 Å². The first-order chi connectivity index (χ1) is 18.4. The Hall–Kier alpha value is -3.72. The Labute approximate surface area is 230 Å². The summed E-state index contributed by atoms with van der Waals surface area (Å²) in [6.45, 7) is 8.80. The molecule has 7 nitrogen and oxygen atoms in total. The van der Waals surface area contributed by atoms with E-state index in [0.29, 0.717) is 6.42 Å². The first-order valence-corrected chi connectivity index (χ1v) is 14.4. The smallest absolute Gasteiger partial charge is 0.264 e. The molecule has 1 N–H and O–H groups in total. The summed E-state index contributed by atoms with van der Waals surface area (Å²) in [6.07, 6.45) is 0.331. The van der Waals surface area contributed by atoms with Gasteiger partial charge in [-0.1, -0.05) is 54.4 Å². The van der Waals surface area contributed by atoms with E-state index in [1.165, 1.54) is 29.2 Å². The number of hydrogen-bond acceptors (Lipinski definition) is 4. The molecule has 0 saturated heterocycles. The Morgan fingerprint density at radius 1 is 0.923 bits per heavy atom. The molecule has 9 heteroatoms. The molecule has 39 heavy (non-hydrogen) atoms. The van der Waals surface area contributed by atoms with E-state index in [-0.39, 0.29) is 29.1 Å². The van der Waals surface area contributed by atoms with Gasteiger partial charge in [0.1, 0.15) is 18.4 Å². The number of sulfonamides is 1. The molecule has 0 spiro atoms. The van der Waals surface area contributed by atoms with Crippen molar-refractivity contribution in [3.8, 4) is 0 Å². The summed E-state index contributed by atoms with van der Waals surface area (Å²) in [5.41, 5.74) is 2.83. The largest absolute Gasteiger partial charge is 0.352 e. The summed E-state index contributed by atoms with van der Waals surface area (Å²) in [5, 5.41) is 2.87. The number of aryl methyl sites for hydroxylation is 2. The minimum Gasteiger partial charge on any atom is -0.352 e. The quantitative estimate of drug-likeness (QED) is 0.363. The molecule has 0 aromatic heterocycles. The lowest BCUT2D eigenvalue weighted by Crippen LogP contribution is -2.53. The first kappa shape index (κ1) is 29.8. The van der Waals surface area contributed by atoms with E-state index in [1.807, 2.05) is 58.9 Å². The normalized spacial score (nSPS) is 12.2. The molecule has 2 amide bonds. The maximum absolute atomic E-state index is 14.0. The van der Waals surface area contributed by atoms with Crippen LogP contribution in [0.5, 0.6) is 0 Å². The Kier molecular flexibility index (Phi) is 9.86. The van der Waals surface area contributed by atoms with Crippen molar-refractivity contribution in [1.29, 1.82) is 0 Å². The lowest BCUT2D eigenvalue weighted by atomic mass is 10.1. The van der Waals surface area contributed by atoms with Crippen molar-refractivity contribution >= 4 is 27.5 Å². The number of rotatable bonds is 11. The van der Waals surface area contributed by atoms with E-state index in [0.717, 1.165) is 33.1 Å². The predicted octanol–water partition coefficient (Wildman–Crippen LogP) is 4.97. The van der Waals surface area contributed by atoms with E-state index < -0.39 is 34.3 Å². The Morgan fingerprint density at radius 2 is 1.56 bits per heavy atom. The van der Waals surface area contributed by atoms with Crippen LogP contribution in [-0.4, -0.2) is 43.8 Å². The van der Waals surface area contributed by atoms with Gasteiger partial charge in [-0.05, 0) is 76.1 Å². The molecule has 0 unspecified atom stereocenters. The molecule has 0 aliphatic rings. The molecule has 0 aliphatic carbocycles. The Bertz CT molecular complexity index is 1390. The van der Waals surface area contributed by atoms with Gasteiger partial charge in [0.25, 0.3) is 10.0 Å². The van der Waals surface area contributed by atoms with Crippen LogP contribution in [0.2, 0.25) is 0 Å². The van der Waals surface area contributed by atoms with Crippen molar-refractivity contribution in [2.75, 3.05) is 10.8 Å². The highest BCUT2D eigenvalue weighted by atomic mass is 32.2. The number of halogens is 1. The zero-order chi connectivity index (χ0) is 28.7. The molecule has 3 rings (SSSR count). The van der Waals surface area contributed by atoms with Crippen molar-refractivity contribution in [1.82, 2.24) is 10.2 Å². The maximum atomic E-state index is 14.0. The first-order valence-electron chi connectivity index (χ1n) is 12.9. The van der Waals surface area contributed by atoms with E-state index in [9.17, 15) is 22.4 Å². The number of nitrogens with one attached hydrogen (secondary N) is 1. The molecule has 0 radical (unpaired) electrons. The summed E-state index contributed by atoms with van der Waals surface area (Å²) in [5.74, 6) is -1.40. The molecule has 0 aliphatic heterocycles. The Balaban J connectivity index is 2.06. The van der Waals surface area contributed by atoms with Crippen LogP contribution < -0.4 is 9.62 Å². The van der Waals surface area contributed by atoms with Crippen molar-refractivity contribution in [3.63, 3.8) is 0 Å². The second kappa shape index (κ2) is 12.9. The molecular formula is C30H36FN3O4S. The second-order valence-electron chi connectivity index (χ2n) is 9.90. The average Bonchev–Trinajstić information content (AvgIpc) is 2.87. The van der Waals surface area contributed by atoms with Crippen LogP contribution in [0.4, 0.5) is 10.1 Å². The lowest BCUT2D eigenvalue weighted by Gasteiger charge is -2.33. The third-order valence-electron chi connectivity index (χ3n) is 6.25. The fraction of sp³-hybridized carbons (Fsp3) is 0.333. The molecular weight excluding hydrogens is 517 g/mol. The van der Waals surface area contributed by atoms with Gasteiger partial charge in [-0.2, -0.15) is 0 Å². The minimum atomic E-state index is -4.20. The molecule has 3 aromatic carbocycles. The highest BCUT2D eigenvalue weighted by Crippen LogP contribution is 2.25. The zero-order valence-electron chi connectivity index (χ0n) is 23.0. The number of anilines is 1. The van der Waals surface area contributed by atoms with Crippen LogP contribution in [0.3, 0.4) is 0 Å². The zero-order valence-corrected chi connectivity index (χ0v) is 23.8. The molecule has 0 saturated carbocycles. The maximum Gasteiger partial charge on any atom is 0.264 e. The lowest BCUT2D eigenvalue weighted by molar-refractivity contribution is -0.140. The second-order valence-corrected chi connectivity index (χ2v) is 11.8. The van der Waals surface area contributed by atoms with Crippen LogP contribution in [-0.2, 0) is 26.2 Å². The summed E-state index contributed by atoms with van der Waals surface area (Å²) < 4.78 is 42.3. The number of nitrogens with zero attached hydrogens (tertiary/aromatic N) is 2. The molecule has 0 bridgehead atoms. The number of carbonyl (C=O) groups excluding carboxylic acids is 2. The third kappa shape index (κ3) is 7.66. The SMILES string of the molecule is CC[C@H](C(=O)NC(C)C)N(Cc1cccc(C)c1)C(=O)CN(c1ccc(F)cc1)S(=O)(=O)c1ccc(C)cc1. The summed E-state index contributed by atoms with van der Waals surface area (Å²) >= 11 is 0. The molecule has 1 atom stereocenters. The molecule has 0 heterocycles. The summed E-state index contributed by atoms with van der Waals surface area (Å²) in [6, 6.07) is 17.9. The molecule has 208 valence electrons. The number of benzene rings is 3. The molecule has 3 aromatic rings. The summed E-state index contributed by atoms with van der Waals surface area (Å²) in [4.78, 5) is 28.5. The summed E-state index contributed by atoms with van der Waals surface area (Å²) in [7, 11) is -4.20. The topological polar surface area (TPSA) is 86.8 Å². The average molecular weight is 554 g/mol. The van der Waals surface area contributed by atoms with E-state index >= 15 is 0 Å². The van der Waals surface area contributed by atoms with Gasteiger partial charge in [0, 0.05) is 12.6 Å². The monoisotopic (exact) mass is 553 g/mol.